The minimum absolute atomic E-state index is 0.506. The van der Waals surface area contributed by atoms with Gasteiger partial charge in [0.2, 0.25) is 0 Å². The minimum atomic E-state index is -3.97. The zero-order valence-corrected chi connectivity index (χ0v) is 20.4. The molecule has 0 aliphatic carbocycles. The SMILES string of the molecule is C=CC(NCCCC)S(=O)(=O)NC(=O)/C=C/c1c(C)nn(C)c1-n1ccc2cc(Cl)ccc21. The van der Waals surface area contributed by atoms with Crippen LogP contribution >= 0.6 is 11.6 Å². The highest BCUT2D eigenvalue weighted by Crippen LogP contribution is 2.27. The Balaban J connectivity index is 1.86. The topological polar surface area (TPSA) is 98.0 Å². The Morgan fingerprint density at radius 3 is 2.79 bits per heavy atom. The molecule has 8 nitrogen and oxygen atoms in total. The molecule has 0 spiro atoms. The van der Waals surface area contributed by atoms with Gasteiger partial charge in [-0.1, -0.05) is 31.0 Å². The molecule has 0 bridgehead atoms. The van der Waals surface area contributed by atoms with Gasteiger partial charge in [0.15, 0.2) is 0 Å². The van der Waals surface area contributed by atoms with Gasteiger partial charge in [0.25, 0.3) is 15.9 Å². The lowest BCUT2D eigenvalue weighted by atomic mass is 10.2. The molecule has 1 atom stereocenters. The number of unbranched alkanes of at least 4 members (excludes halogenated alkanes) is 1. The normalized spacial score (nSPS) is 13.0. The summed E-state index contributed by atoms with van der Waals surface area (Å²) in [5.41, 5.74) is 2.32. The number of hydrogen-bond donors (Lipinski definition) is 2. The maximum absolute atomic E-state index is 12.5. The number of aromatic nitrogens is 3. The Morgan fingerprint density at radius 2 is 2.09 bits per heavy atom. The van der Waals surface area contributed by atoms with Gasteiger partial charge in [0.05, 0.1) is 11.2 Å². The van der Waals surface area contributed by atoms with Crippen LogP contribution in [0.2, 0.25) is 5.02 Å². The summed E-state index contributed by atoms with van der Waals surface area (Å²) in [6.45, 7) is 7.90. The third kappa shape index (κ3) is 5.55. The zero-order valence-electron chi connectivity index (χ0n) is 18.9. The molecule has 1 amide bonds. The number of hydrogen-bond acceptors (Lipinski definition) is 5. The van der Waals surface area contributed by atoms with Crippen molar-refractivity contribution in [3.8, 4) is 5.82 Å². The summed E-state index contributed by atoms with van der Waals surface area (Å²) in [7, 11) is -2.16. The third-order valence-electron chi connectivity index (χ3n) is 5.19. The zero-order chi connectivity index (χ0) is 24.2. The van der Waals surface area contributed by atoms with Crippen LogP contribution in [0.25, 0.3) is 22.8 Å². The summed E-state index contributed by atoms with van der Waals surface area (Å²) >= 11 is 6.10. The van der Waals surface area contributed by atoms with Crippen molar-refractivity contribution in [2.45, 2.75) is 32.1 Å². The van der Waals surface area contributed by atoms with Crippen molar-refractivity contribution in [1.29, 1.82) is 0 Å². The molecule has 3 rings (SSSR count). The molecule has 0 saturated carbocycles. The first-order chi connectivity index (χ1) is 15.7. The standard InChI is InChI=1S/C23H28ClN5O3S/c1-5-7-13-25-22(6-2)33(31,32)27-21(30)11-9-19-16(3)26-28(4)23(19)29-14-12-17-15-18(24)8-10-20(17)29/h6,8-12,14-15,22,25H,2,5,7,13H2,1,3-4H3,(H,27,30)/b11-9+. The van der Waals surface area contributed by atoms with Crippen LogP contribution in [0.15, 0.2) is 49.2 Å². The largest absolute Gasteiger partial charge is 0.301 e. The molecule has 2 heterocycles. The third-order valence-corrected chi connectivity index (χ3v) is 6.93. The summed E-state index contributed by atoms with van der Waals surface area (Å²) in [6, 6.07) is 7.53. The van der Waals surface area contributed by atoms with Crippen LogP contribution in [0.4, 0.5) is 0 Å². The second-order valence-corrected chi connectivity index (χ2v) is 9.88. The van der Waals surface area contributed by atoms with Gasteiger partial charge in [0, 0.05) is 35.3 Å². The Morgan fingerprint density at radius 1 is 1.33 bits per heavy atom. The van der Waals surface area contributed by atoms with E-state index in [2.05, 4.69) is 21.7 Å². The molecule has 0 radical (unpaired) electrons. The van der Waals surface area contributed by atoms with Crippen LogP contribution in [-0.2, 0) is 21.9 Å². The number of aryl methyl sites for hydroxylation is 2. The smallest absolute Gasteiger partial charge is 0.257 e. The monoisotopic (exact) mass is 489 g/mol. The van der Waals surface area contributed by atoms with Gasteiger partial charge < -0.3 is 4.57 Å². The molecule has 0 saturated heterocycles. The fourth-order valence-corrected chi connectivity index (χ4v) is 4.83. The molecule has 0 fully saturated rings. The number of fused-ring (bicyclic) bond motifs is 1. The number of halogens is 1. The molecule has 33 heavy (non-hydrogen) atoms. The number of carbonyl (C=O) groups excluding carboxylic acids is 1. The molecule has 2 N–H and O–H groups in total. The van der Waals surface area contributed by atoms with Crippen LogP contribution in [0.1, 0.15) is 31.0 Å². The molecule has 2 aromatic heterocycles. The average Bonchev–Trinajstić information content (AvgIpc) is 3.27. The van der Waals surface area contributed by atoms with E-state index in [-0.39, 0.29) is 0 Å². The van der Waals surface area contributed by atoms with Crippen LogP contribution in [0.5, 0.6) is 0 Å². The van der Waals surface area contributed by atoms with Gasteiger partial charge in [-0.15, -0.1) is 6.58 Å². The van der Waals surface area contributed by atoms with E-state index in [9.17, 15) is 13.2 Å². The first kappa shape index (κ1) is 24.8. The fourth-order valence-electron chi connectivity index (χ4n) is 3.58. The van der Waals surface area contributed by atoms with Crippen molar-refractivity contribution in [1.82, 2.24) is 24.4 Å². The summed E-state index contributed by atoms with van der Waals surface area (Å²) in [5, 5.41) is 7.90. The molecule has 0 aliphatic rings. The van der Waals surface area contributed by atoms with E-state index < -0.39 is 21.3 Å². The Kier molecular flexibility index (Phi) is 7.78. The number of nitrogens with one attached hydrogen (secondary N) is 2. The summed E-state index contributed by atoms with van der Waals surface area (Å²) < 4.78 is 30.8. The second kappa shape index (κ2) is 10.4. The molecular formula is C23H28ClN5O3S. The molecule has 1 aromatic carbocycles. The number of benzene rings is 1. The summed E-state index contributed by atoms with van der Waals surface area (Å²) in [5.74, 6) is -0.0144. The van der Waals surface area contributed by atoms with Crippen molar-refractivity contribution in [2.75, 3.05) is 6.54 Å². The number of carbonyl (C=O) groups is 1. The predicted molar refractivity (Wildman–Crippen MR) is 133 cm³/mol. The molecule has 10 heteroatoms. The van der Waals surface area contributed by atoms with Crippen molar-refractivity contribution in [3.05, 3.63) is 65.5 Å². The number of sulfonamides is 1. The minimum Gasteiger partial charge on any atom is -0.301 e. The quantitative estimate of drug-likeness (QED) is 0.257. The van der Waals surface area contributed by atoms with Crippen LogP contribution in [0.3, 0.4) is 0 Å². The second-order valence-electron chi connectivity index (χ2n) is 7.64. The Bertz CT molecular complexity index is 1310. The first-order valence-electron chi connectivity index (χ1n) is 10.6. The van der Waals surface area contributed by atoms with E-state index in [0.29, 0.717) is 22.8 Å². The van der Waals surface area contributed by atoms with Gasteiger partial charge >= 0.3 is 0 Å². The molecule has 1 unspecified atom stereocenters. The van der Waals surface area contributed by atoms with E-state index in [1.165, 1.54) is 12.2 Å². The van der Waals surface area contributed by atoms with E-state index in [0.717, 1.165) is 29.6 Å². The Labute approximate surface area is 199 Å². The number of nitrogens with zero attached hydrogens (tertiary/aromatic N) is 3. The van der Waals surface area contributed by atoms with Crippen molar-refractivity contribution < 1.29 is 13.2 Å². The van der Waals surface area contributed by atoms with E-state index >= 15 is 0 Å². The lowest BCUT2D eigenvalue weighted by molar-refractivity contribution is -0.114. The molecule has 0 aliphatic heterocycles. The van der Waals surface area contributed by atoms with Crippen LogP contribution < -0.4 is 10.0 Å². The van der Waals surface area contributed by atoms with E-state index in [1.807, 2.05) is 55.9 Å². The predicted octanol–water partition coefficient (Wildman–Crippen LogP) is 3.69. The van der Waals surface area contributed by atoms with Crippen molar-refractivity contribution in [2.24, 2.45) is 7.05 Å². The number of rotatable bonds is 10. The van der Waals surface area contributed by atoms with Gasteiger partial charge in [-0.05, 0) is 50.2 Å². The fraction of sp³-hybridized carbons (Fsp3) is 0.304. The highest BCUT2D eigenvalue weighted by atomic mass is 35.5. The van der Waals surface area contributed by atoms with Crippen LogP contribution in [0, 0.1) is 6.92 Å². The summed E-state index contributed by atoms with van der Waals surface area (Å²) in [6.07, 6.45) is 7.66. The lowest BCUT2D eigenvalue weighted by Crippen LogP contribution is -2.44. The highest BCUT2D eigenvalue weighted by molar-refractivity contribution is 7.90. The number of amides is 1. The van der Waals surface area contributed by atoms with Gasteiger partial charge in [-0.3, -0.25) is 14.8 Å². The maximum atomic E-state index is 12.5. The van der Waals surface area contributed by atoms with Gasteiger partial charge in [-0.2, -0.15) is 5.10 Å². The van der Waals surface area contributed by atoms with E-state index in [1.54, 1.807) is 10.8 Å². The molecule has 176 valence electrons. The van der Waals surface area contributed by atoms with Crippen LogP contribution in [-0.4, -0.2) is 40.6 Å². The molecular weight excluding hydrogens is 462 g/mol. The van der Waals surface area contributed by atoms with Crippen molar-refractivity contribution >= 4 is 44.5 Å². The highest BCUT2D eigenvalue weighted by Gasteiger charge is 2.23. The summed E-state index contributed by atoms with van der Waals surface area (Å²) in [4.78, 5) is 12.5. The Hall–Kier alpha value is -2.88. The average molecular weight is 490 g/mol. The van der Waals surface area contributed by atoms with E-state index in [4.69, 9.17) is 11.6 Å². The first-order valence-corrected chi connectivity index (χ1v) is 12.5. The van der Waals surface area contributed by atoms with Gasteiger partial charge in [0.1, 0.15) is 11.2 Å². The lowest BCUT2D eigenvalue weighted by Gasteiger charge is -2.15. The maximum Gasteiger partial charge on any atom is 0.257 e. The van der Waals surface area contributed by atoms with Gasteiger partial charge in [-0.25, -0.2) is 13.1 Å². The van der Waals surface area contributed by atoms with Crippen molar-refractivity contribution in [3.63, 3.8) is 0 Å². The molecule has 3 aromatic rings.